The summed E-state index contributed by atoms with van der Waals surface area (Å²) in [4.78, 5) is 4.26. The zero-order valence-electron chi connectivity index (χ0n) is 9.24. The van der Waals surface area contributed by atoms with Gasteiger partial charge in [-0.2, -0.15) is 0 Å². The maximum Gasteiger partial charge on any atom is 0.158 e. The van der Waals surface area contributed by atoms with Crippen molar-refractivity contribution < 1.29 is 4.74 Å². The van der Waals surface area contributed by atoms with Gasteiger partial charge in [-0.05, 0) is 30.8 Å². The number of nitrogens with one attached hydrogen (secondary N) is 1. The van der Waals surface area contributed by atoms with Crippen molar-refractivity contribution in [3.8, 4) is 5.75 Å². The fourth-order valence-electron chi connectivity index (χ4n) is 1.64. The lowest BCUT2D eigenvalue weighted by Crippen LogP contribution is -1.93. The normalized spacial score (nSPS) is 10.4. The highest BCUT2D eigenvalue weighted by Crippen LogP contribution is 2.24. The van der Waals surface area contributed by atoms with Crippen LogP contribution in [0.3, 0.4) is 0 Å². The van der Waals surface area contributed by atoms with Gasteiger partial charge < -0.3 is 9.72 Å². The molecule has 0 aliphatic rings. The van der Waals surface area contributed by atoms with Gasteiger partial charge in [-0.1, -0.05) is 17.7 Å². The molecule has 2 nitrogen and oxygen atoms in total. The molecule has 1 aromatic carbocycles. The summed E-state index contributed by atoms with van der Waals surface area (Å²) in [6.45, 7) is 2.09. The van der Waals surface area contributed by atoms with Gasteiger partial charge in [0, 0.05) is 17.5 Å². The van der Waals surface area contributed by atoms with Crippen LogP contribution in [0, 0.1) is 10.9 Å². The summed E-state index contributed by atoms with van der Waals surface area (Å²) in [6, 6.07) is 6.22. The molecule has 0 aliphatic heterocycles. The van der Waals surface area contributed by atoms with Gasteiger partial charge in [-0.3, -0.25) is 0 Å². The Labute approximate surface area is 104 Å². The van der Waals surface area contributed by atoms with Crippen molar-refractivity contribution in [2.24, 2.45) is 0 Å². The van der Waals surface area contributed by atoms with Crippen LogP contribution in [0.15, 0.2) is 24.4 Å². The number of H-pyrrole nitrogens is 1. The van der Waals surface area contributed by atoms with Crippen LogP contribution in [0.5, 0.6) is 5.75 Å². The molecule has 1 N–H and O–H groups in total. The first-order valence-corrected chi connectivity index (χ1v) is 6.22. The average Bonchev–Trinajstić information content (AvgIpc) is 2.64. The molecule has 0 fully saturated rings. The predicted octanol–water partition coefficient (Wildman–Crippen LogP) is 3.71. The van der Waals surface area contributed by atoms with Crippen LogP contribution < -0.4 is 4.74 Å². The monoisotopic (exact) mass is 251 g/mol. The molecule has 84 valence electrons. The van der Waals surface area contributed by atoms with Crippen molar-refractivity contribution in [2.45, 2.75) is 13.3 Å². The topological polar surface area (TPSA) is 25.0 Å². The van der Waals surface area contributed by atoms with Crippen LogP contribution in [-0.2, 0) is 6.42 Å². The smallest absolute Gasteiger partial charge is 0.158 e. The minimum atomic E-state index is 0.821. The van der Waals surface area contributed by atoms with Gasteiger partial charge in [-0.15, -0.1) is 11.3 Å². The molecular formula is C12H13NOS2. The molecule has 0 saturated heterocycles. The lowest BCUT2D eigenvalue weighted by molar-refractivity contribution is 0.410. The molecule has 0 unspecified atom stereocenters. The van der Waals surface area contributed by atoms with E-state index in [0.29, 0.717) is 0 Å². The first-order valence-electron chi connectivity index (χ1n) is 5.00. The largest absolute Gasteiger partial charge is 0.496 e. The van der Waals surface area contributed by atoms with Crippen LogP contribution in [-0.4, -0.2) is 12.1 Å². The minimum absolute atomic E-state index is 0.821. The Bertz CT molecular complexity index is 542. The number of aromatic nitrogens is 1. The van der Waals surface area contributed by atoms with Gasteiger partial charge >= 0.3 is 0 Å². The Balaban J connectivity index is 2.32. The highest BCUT2D eigenvalue weighted by atomic mass is 32.1. The van der Waals surface area contributed by atoms with Gasteiger partial charge in [0.1, 0.15) is 5.75 Å². The van der Waals surface area contributed by atoms with Crippen molar-refractivity contribution >= 4 is 23.6 Å². The Kier molecular flexibility index (Phi) is 3.41. The van der Waals surface area contributed by atoms with Crippen LogP contribution in [0.1, 0.15) is 16.0 Å². The summed E-state index contributed by atoms with van der Waals surface area (Å²) in [6.07, 6.45) is 2.83. The molecule has 0 aliphatic carbocycles. The number of methoxy groups -OCH3 is 1. The van der Waals surface area contributed by atoms with Crippen LogP contribution in [0.25, 0.3) is 0 Å². The van der Waals surface area contributed by atoms with Crippen LogP contribution in [0.2, 0.25) is 0 Å². The molecule has 2 aromatic rings. The molecule has 0 atom stereocenters. The Morgan fingerprint density at radius 3 is 2.88 bits per heavy atom. The van der Waals surface area contributed by atoms with Gasteiger partial charge in [-0.25, -0.2) is 0 Å². The number of ether oxygens (including phenoxy) is 1. The van der Waals surface area contributed by atoms with Crippen LogP contribution in [0.4, 0.5) is 0 Å². The Morgan fingerprint density at radius 2 is 2.25 bits per heavy atom. The number of hydrogen-bond donors (Lipinski definition) is 1. The van der Waals surface area contributed by atoms with Crippen molar-refractivity contribution in [1.82, 2.24) is 4.98 Å². The average molecular weight is 251 g/mol. The zero-order valence-corrected chi connectivity index (χ0v) is 10.9. The van der Waals surface area contributed by atoms with Gasteiger partial charge in [0.15, 0.2) is 3.95 Å². The molecule has 2 rings (SSSR count). The molecule has 0 saturated carbocycles. The number of rotatable bonds is 3. The molecule has 4 heteroatoms. The van der Waals surface area contributed by atoms with E-state index >= 15 is 0 Å². The Morgan fingerprint density at radius 1 is 1.44 bits per heavy atom. The highest BCUT2D eigenvalue weighted by molar-refractivity contribution is 7.73. The highest BCUT2D eigenvalue weighted by Gasteiger charge is 2.05. The first-order chi connectivity index (χ1) is 7.69. The predicted molar refractivity (Wildman–Crippen MR) is 70.0 cm³/mol. The van der Waals surface area contributed by atoms with E-state index in [4.69, 9.17) is 17.0 Å². The van der Waals surface area contributed by atoms with E-state index in [1.807, 2.05) is 12.3 Å². The van der Waals surface area contributed by atoms with E-state index in [9.17, 15) is 0 Å². The fraction of sp³-hybridized carbons (Fsp3) is 0.250. The molecule has 0 spiro atoms. The van der Waals surface area contributed by atoms with E-state index in [2.05, 4.69) is 24.0 Å². The first kappa shape index (κ1) is 11.4. The third kappa shape index (κ3) is 2.51. The summed E-state index contributed by atoms with van der Waals surface area (Å²) >= 11 is 6.68. The zero-order chi connectivity index (χ0) is 11.5. The third-order valence-electron chi connectivity index (χ3n) is 2.38. The molecule has 0 radical (unpaired) electrons. The van der Waals surface area contributed by atoms with Crippen molar-refractivity contribution in [2.75, 3.05) is 7.11 Å². The second-order valence-electron chi connectivity index (χ2n) is 3.64. The number of thiazole rings is 1. The summed E-state index contributed by atoms with van der Waals surface area (Å²) in [5, 5.41) is 0. The lowest BCUT2D eigenvalue weighted by atomic mass is 10.1. The molecule has 1 aromatic heterocycles. The number of aromatic amines is 1. The molecule has 0 bridgehead atoms. The van der Waals surface area contributed by atoms with Crippen molar-refractivity contribution in [3.05, 3.63) is 44.4 Å². The number of aryl methyl sites for hydroxylation is 1. The quantitative estimate of drug-likeness (QED) is 0.841. The molecule has 0 amide bonds. The maximum absolute atomic E-state index is 5.35. The lowest BCUT2D eigenvalue weighted by Gasteiger charge is -2.08. The molecule has 1 heterocycles. The molecule has 16 heavy (non-hydrogen) atoms. The fourth-order valence-corrected chi connectivity index (χ4v) is 2.72. The van der Waals surface area contributed by atoms with Gasteiger partial charge in [0.05, 0.1) is 7.11 Å². The SMILES string of the molecule is COc1ccc(C)cc1Cc1c[nH]c(=S)s1. The standard InChI is InChI=1S/C12H13NOS2/c1-8-3-4-11(14-2)9(5-8)6-10-7-13-12(15)16-10/h3-5,7H,6H2,1-2H3,(H,13,15). The van der Waals surface area contributed by atoms with E-state index in [1.54, 1.807) is 18.4 Å². The number of benzene rings is 1. The Hall–Kier alpha value is -1.13. The van der Waals surface area contributed by atoms with E-state index in [0.717, 1.165) is 16.1 Å². The maximum atomic E-state index is 5.35. The minimum Gasteiger partial charge on any atom is -0.496 e. The third-order valence-corrected chi connectivity index (χ3v) is 3.57. The second-order valence-corrected chi connectivity index (χ2v) is 5.44. The molecular weight excluding hydrogens is 238 g/mol. The summed E-state index contributed by atoms with van der Waals surface area (Å²) in [7, 11) is 1.70. The van der Waals surface area contributed by atoms with E-state index in [-0.39, 0.29) is 0 Å². The van der Waals surface area contributed by atoms with Crippen molar-refractivity contribution in [3.63, 3.8) is 0 Å². The second kappa shape index (κ2) is 4.80. The van der Waals surface area contributed by atoms with Gasteiger partial charge in [0.2, 0.25) is 0 Å². The van der Waals surface area contributed by atoms with Crippen molar-refractivity contribution in [1.29, 1.82) is 0 Å². The summed E-state index contributed by atoms with van der Waals surface area (Å²) in [5.41, 5.74) is 2.45. The van der Waals surface area contributed by atoms with Gasteiger partial charge in [0.25, 0.3) is 0 Å². The number of hydrogen-bond acceptors (Lipinski definition) is 3. The van der Waals surface area contributed by atoms with E-state index < -0.39 is 0 Å². The summed E-state index contributed by atoms with van der Waals surface area (Å²) in [5.74, 6) is 0.935. The summed E-state index contributed by atoms with van der Waals surface area (Å²) < 4.78 is 6.17. The van der Waals surface area contributed by atoms with Crippen LogP contribution >= 0.6 is 23.6 Å². The van der Waals surface area contributed by atoms with E-state index in [1.165, 1.54) is 16.0 Å².